The smallest absolute Gasteiger partial charge is 0.305 e. The number of rotatable bonds is 7. The Morgan fingerprint density at radius 1 is 0.843 bits per heavy atom. The molecule has 0 aromatic carbocycles. The Balaban J connectivity index is 0.000000229. The largest absolute Gasteiger partial charge is 0.334 e. The Morgan fingerprint density at radius 2 is 1.41 bits per heavy atom. The summed E-state index contributed by atoms with van der Waals surface area (Å²) in [7, 11) is 0. The lowest BCUT2D eigenvalue weighted by molar-refractivity contribution is 0.0966. The van der Waals surface area contributed by atoms with Crippen LogP contribution in [0.5, 0.6) is 0 Å². The maximum atomic E-state index is 13.8. The normalized spacial score (nSPS) is 11.1. The summed E-state index contributed by atoms with van der Waals surface area (Å²) in [6.45, 7) is 7.75. The zero-order valence-corrected chi connectivity index (χ0v) is 31.6. The molecule has 268 valence electrons. The lowest BCUT2D eigenvalue weighted by Gasteiger charge is -2.17. The van der Waals surface area contributed by atoms with E-state index in [1.165, 1.54) is 28.1 Å². The average Bonchev–Trinajstić information content (AvgIpc) is 3.07. The number of anilines is 1. The van der Waals surface area contributed by atoms with Crippen molar-refractivity contribution in [3.8, 4) is 5.69 Å². The highest BCUT2D eigenvalue weighted by atomic mass is 35.5. The molecule has 0 atom stereocenters. The predicted octanol–water partition coefficient (Wildman–Crippen LogP) is 7.84. The number of fused-ring (bicyclic) bond motifs is 1. The van der Waals surface area contributed by atoms with Crippen LogP contribution >= 0.6 is 58.3 Å². The van der Waals surface area contributed by atoms with E-state index < -0.39 is 45.1 Å². The number of imide groups is 1. The molecule has 5 aromatic rings. The quantitative estimate of drug-likeness (QED) is 0.109. The summed E-state index contributed by atoms with van der Waals surface area (Å²) in [5.74, 6) is -2.59. The number of hydrogen-bond donors (Lipinski definition) is 3. The highest BCUT2D eigenvalue weighted by Crippen LogP contribution is 2.32. The molecular formula is C32H29Cl3F2N8O4S2. The van der Waals surface area contributed by atoms with Crippen LogP contribution in [0.2, 0.25) is 15.5 Å². The van der Waals surface area contributed by atoms with Crippen LogP contribution in [0.4, 0.5) is 19.3 Å². The van der Waals surface area contributed by atoms with Crippen LogP contribution in [-0.4, -0.2) is 53.9 Å². The molecule has 3 N–H and O–H groups in total. The van der Waals surface area contributed by atoms with E-state index in [0.29, 0.717) is 22.8 Å². The lowest BCUT2D eigenvalue weighted by atomic mass is 10.1. The van der Waals surface area contributed by atoms with Gasteiger partial charge >= 0.3 is 11.7 Å². The van der Waals surface area contributed by atoms with Gasteiger partial charge in [-0.1, -0.05) is 62.5 Å². The molecule has 19 heteroatoms. The van der Waals surface area contributed by atoms with Gasteiger partial charge in [-0.3, -0.25) is 29.9 Å². The van der Waals surface area contributed by atoms with E-state index >= 15 is 0 Å². The number of carbonyl (C=O) groups excluding carboxylic acids is 2. The van der Waals surface area contributed by atoms with Gasteiger partial charge in [0.25, 0.3) is 11.5 Å². The van der Waals surface area contributed by atoms with Crippen molar-refractivity contribution in [2.45, 2.75) is 49.3 Å². The first-order valence-corrected chi connectivity index (χ1v) is 18.4. The number of aromatic nitrogens is 6. The predicted molar refractivity (Wildman–Crippen MR) is 197 cm³/mol. The number of aromatic amines is 1. The molecule has 0 bridgehead atoms. The molecule has 0 saturated carbocycles. The number of H-pyrrole nitrogens is 1. The minimum absolute atomic E-state index is 0.00639. The Hall–Kier alpha value is -4.09. The number of nitrogens with one attached hydrogen (secondary N) is 3. The SMILES string of the molecule is CSc1ccnc(C(C)C)c1-n1c(=O)[nH]c(=O)c2cc(F)c(Cl)nc21.CSc1ccnc(C(C)C)c1NC(=O)NC(=O)c1cc(F)c(Cl)nc1Cl. The van der Waals surface area contributed by atoms with Crippen molar-refractivity contribution in [3.05, 3.63) is 102 Å². The van der Waals surface area contributed by atoms with Gasteiger partial charge in [-0.15, -0.1) is 23.5 Å². The van der Waals surface area contributed by atoms with Crippen molar-refractivity contribution >= 4 is 87.0 Å². The molecule has 5 aromatic heterocycles. The summed E-state index contributed by atoms with van der Waals surface area (Å²) >= 11 is 19.9. The van der Waals surface area contributed by atoms with Crippen molar-refractivity contribution in [2.24, 2.45) is 0 Å². The third-order valence-electron chi connectivity index (χ3n) is 7.00. The van der Waals surface area contributed by atoms with Crippen LogP contribution in [-0.2, 0) is 0 Å². The highest BCUT2D eigenvalue weighted by molar-refractivity contribution is 7.99. The molecule has 0 aliphatic heterocycles. The fourth-order valence-electron chi connectivity index (χ4n) is 4.70. The van der Waals surface area contributed by atoms with Crippen molar-refractivity contribution in [3.63, 3.8) is 0 Å². The van der Waals surface area contributed by atoms with Crippen LogP contribution in [0.15, 0.2) is 56.0 Å². The van der Waals surface area contributed by atoms with E-state index in [2.05, 4.69) is 35.6 Å². The number of pyridine rings is 4. The van der Waals surface area contributed by atoms with Crippen molar-refractivity contribution < 1.29 is 18.4 Å². The monoisotopic (exact) mass is 796 g/mol. The zero-order valence-electron chi connectivity index (χ0n) is 27.7. The fourth-order valence-corrected chi connectivity index (χ4v) is 6.38. The van der Waals surface area contributed by atoms with E-state index in [-0.39, 0.29) is 33.6 Å². The number of halogens is 5. The number of carbonyl (C=O) groups is 2. The molecule has 0 aliphatic carbocycles. The number of urea groups is 1. The molecule has 0 spiro atoms. The van der Waals surface area contributed by atoms with E-state index in [1.807, 2.05) is 40.2 Å². The summed E-state index contributed by atoms with van der Waals surface area (Å²) in [6, 6.07) is 4.51. The summed E-state index contributed by atoms with van der Waals surface area (Å²) < 4.78 is 28.5. The molecule has 0 fully saturated rings. The molecular weight excluding hydrogens is 769 g/mol. The van der Waals surface area contributed by atoms with E-state index in [0.717, 1.165) is 21.9 Å². The van der Waals surface area contributed by atoms with Crippen LogP contribution in [0.3, 0.4) is 0 Å². The van der Waals surface area contributed by atoms with Crippen LogP contribution in [0, 0.1) is 11.6 Å². The van der Waals surface area contributed by atoms with Gasteiger partial charge in [-0.25, -0.2) is 32.9 Å². The van der Waals surface area contributed by atoms with Crippen LogP contribution in [0.1, 0.15) is 61.3 Å². The van der Waals surface area contributed by atoms with Gasteiger partial charge in [-0.05, 0) is 48.6 Å². The molecule has 12 nitrogen and oxygen atoms in total. The first-order valence-electron chi connectivity index (χ1n) is 14.8. The van der Waals surface area contributed by atoms with Gasteiger partial charge in [0.2, 0.25) is 0 Å². The average molecular weight is 798 g/mol. The minimum Gasteiger partial charge on any atom is -0.305 e. The van der Waals surface area contributed by atoms with Crippen molar-refractivity contribution in [2.75, 3.05) is 17.8 Å². The maximum absolute atomic E-state index is 13.8. The first kappa shape index (κ1) is 39.7. The topological polar surface area (TPSA) is 165 Å². The van der Waals surface area contributed by atoms with E-state index in [9.17, 15) is 28.0 Å². The molecule has 0 saturated heterocycles. The number of hydrogen-bond acceptors (Lipinski definition) is 10. The second kappa shape index (κ2) is 17.0. The molecule has 0 radical (unpaired) electrons. The van der Waals surface area contributed by atoms with Gasteiger partial charge in [0.05, 0.1) is 33.7 Å². The van der Waals surface area contributed by atoms with E-state index in [1.54, 1.807) is 24.5 Å². The van der Waals surface area contributed by atoms with Crippen LogP contribution < -0.4 is 21.9 Å². The molecule has 0 aliphatic rings. The van der Waals surface area contributed by atoms with Gasteiger partial charge in [0, 0.05) is 22.2 Å². The standard InChI is InChI=1S/C16H15Cl2FN4O2S.C16H14ClFN4O2S/c1-7(2)11-12(10(26-3)4-5-20-11)21-16(25)23-15(24)8-6-9(19)14(18)22-13(8)17;1-7(2)11-12(10(25-3)4-5-19-11)22-14-8(15(23)21-16(22)24)6-9(18)13(17)20-14/h4-7H,1-3H3,(H2,21,23,24,25);4-7H,1-3H3,(H,21,23,24). The van der Waals surface area contributed by atoms with Gasteiger partial charge in [-0.2, -0.15) is 0 Å². The molecule has 5 rings (SSSR count). The Bertz CT molecular complexity index is 2270. The minimum atomic E-state index is -0.916. The summed E-state index contributed by atoms with van der Waals surface area (Å²) in [6.07, 6.45) is 7.03. The molecule has 0 unspecified atom stereocenters. The first-order chi connectivity index (χ1) is 24.1. The van der Waals surface area contributed by atoms with Crippen molar-refractivity contribution in [1.29, 1.82) is 0 Å². The fraction of sp³-hybridized carbons (Fsp3) is 0.250. The number of amides is 3. The number of thioether (sulfide) groups is 2. The lowest BCUT2D eigenvalue weighted by Crippen LogP contribution is -2.35. The molecule has 5 heterocycles. The number of nitrogens with zero attached hydrogens (tertiary/aromatic N) is 5. The van der Waals surface area contributed by atoms with Crippen LogP contribution in [0.25, 0.3) is 16.7 Å². The zero-order chi connectivity index (χ0) is 37.7. The summed E-state index contributed by atoms with van der Waals surface area (Å²) in [5.41, 5.74) is 0.631. The second-order valence-electron chi connectivity index (χ2n) is 11.1. The van der Waals surface area contributed by atoms with Crippen molar-refractivity contribution in [1.82, 2.24) is 34.8 Å². The molecule has 51 heavy (non-hydrogen) atoms. The Morgan fingerprint density at radius 3 is 2.02 bits per heavy atom. The Kier molecular flexibility index (Phi) is 13.2. The van der Waals surface area contributed by atoms with Gasteiger partial charge in [0.1, 0.15) is 5.15 Å². The van der Waals surface area contributed by atoms with E-state index in [4.69, 9.17) is 34.8 Å². The van der Waals surface area contributed by atoms with Gasteiger partial charge < -0.3 is 5.32 Å². The third-order valence-corrected chi connectivity index (χ3v) is 9.37. The third kappa shape index (κ3) is 8.87. The summed E-state index contributed by atoms with van der Waals surface area (Å²) in [5, 5.41) is 3.47. The Labute approximate surface area is 313 Å². The highest BCUT2D eigenvalue weighted by Gasteiger charge is 2.22. The van der Waals surface area contributed by atoms with Gasteiger partial charge in [0.15, 0.2) is 27.6 Å². The summed E-state index contributed by atoms with van der Waals surface area (Å²) in [4.78, 5) is 69.0. The molecule has 3 amide bonds. The second-order valence-corrected chi connectivity index (χ2v) is 13.8. The maximum Gasteiger partial charge on any atom is 0.334 e.